The van der Waals surface area contributed by atoms with E-state index in [0.29, 0.717) is 17.7 Å². The minimum absolute atomic E-state index is 0.330. The summed E-state index contributed by atoms with van der Waals surface area (Å²) in [6, 6.07) is 0.548. The van der Waals surface area contributed by atoms with Gasteiger partial charge in [0.1, 0.15) is 5.78 Å². The van der Waals surface area contributed by atoms with E-state index in [1.54, 1.807) is 5.57 Å². The van der Waals surface area contributed by atoms with Crippen molar-refractivity contribution in [2.45, 2.75) is 122 Å². The molecule has 34 heavy (non-hydrogen) atoms. The zero-order valence-electron chi connectivity index (χ0n) is 22.0. The minimum atomic E-state index is 0.330. The number of carbonyl (C=O) groups is 1. The fraction of sp³-hybridized carbons (Fsp3) is 0.903. The van der Waals surface area contributed by atoms with E-state index in [0.717, 1.165) is 30.7 Å². The Kier molecular flexibility index (Phi) is 9.21. The predicted octanol–water partition coefficient (Wildman–Crippen LogP) is 7.01. The molecule has 0 radical (unpaired) electrons. The molecule has 3 nitrogen and oxygen atoms in total. The molecule has 3 heteroatoms. The number of piperidine rings is 2. The molecule has 0 aromatic carbocycles. The van der Waals surface area contributed by atoms with E-state index in [4.69, 9.17) is 0 Å². The van der Waals surface area contributed by atoms with Crippen molar-refractivity contribution in [3.8, 4) is 0 Å². The molecular formula is C31H52N2O. The SMILES string of the molecule is O=C1CCN2CC[C@@H]3C4C=C5CCCCCC[C@H]1[C@H]2[C@@H]3CCCCCCCCCCCN(C5)C4. The third kappa shape index (κ3) is 6.17. The van der Waals surface area contributed by atoms with E-state index in [1.807, 2.05) is 0 Å². The Morgan fingerprint density at radius 1 is 0.647 bits per heavy atom. The lowest BCUT2D eigenvalue weighted by molar-refractivity contribution is -0.135. The maximum atomic E-state index is 13.3. The van der Waals surface area contributed by atoms with Crippen LogP contribution in [0.2, 0.25) is 0 Å². The van der Waals surface area contributed by atoms with Crippen molar-refractivity contribution < 1.29 is 4.79 Å². The Labute approximate surface area is 210 Å². The highest BCUT2D eigenvalue weighted by Gasteiger charge is 2.48. The van der Waals surface area contributed by atoms with Gasteiger partial charge in [-0.2, -0.15) is 0 Å². The number of ketones is 1. The van der Waals surface area contributed by atoms with Gasteiger partial charge in [0.05, 0.1) is 0 Å². The number of Topliss-reactive ketones (excluding diaryl/α,β-unsaturated/α-hetero) is 1. The highest BCUT2D eigenvalue weighted by atomic mass is 16.1. The van der Waals surface area contributed by atoms with Gasteiger partial charge in [0.25, 0.3) is 0 Å². The van der Waals surface area contributed by atoms with E-state index in [1.165, 1.54) is 135 Å². The van der Waals surface area contributed by atoms with Crippen LogP contribution in [0.1, 0.15) is 116 Å². The normalized spacial score (nSPS) is 39.5. The first-order chi connectivity index (χ1) is 16.8. The number of nitrogens with zero attached hydrogens (tertiary/aromatic N) is 2. The fourth-order valence-electron chi connectivity index (χ4n) is 8.57. The van der Waals surface area contributed by atoms with E-state index in [2.05, 4.69) is 15.9 Å². The summed E-state index contributed by atoms with van der Waals surface area (Å²) in [5, 5.41) is 0. The summed E-state index contributed by atoms with van der Waals surface area (Å²) in [7, 11) is 0. The second kappa shape index (κ2) is 12.5. The van der Waals surface area contributed by atoms with Crippen molar-refractivity contribution in [1.29, 1.82) is 0 Å². The van der Waals surface area contributed by atoms with Gasteiger partial charge in [-0.05, 0) is 69.4 Å². The van der Waals surface area contributed by atoms with Gasteiger partial charge in [0.2, 0.25) is 0 Å². The number of rotatable bonds is 0. The molecule has 192 valence electrons. The van der Waals surface area contributed by atoms with Crippen molar-refractivity contribution in [2.24, 2.45) is 23.7 Å². The van der Waals surface area contributed by atoms with Crippen LogP contribution in [0.5, 0.6) is 0 Å². The summed E-state index contributed by atoms with van der Waals surface area (Å²) >= 11 is 0. The lowest BCUT2D eigenvalue weighted by Gasteiger charge is -2.53. The Hall–Kier alpha value is -0.670. The number of carbonyl (C=O) groups excluding carboxylic acids is 1. The minimum Gasteiger partial charge on any atom is -0.299 e. The molecule has 0 aromatic heterocycles. The summed E-state index contributed by atoms with van der Waals surface area (Å²) in [5.41, 5.74) is 1.76. The van der Waals surface area contributed by atoms with Gasteiger partial charge in [-0.15, -0.1) is 0 Å². The van der Waals surface area contributed by atoms with Gasteiger partial charge in [0.15, 0.2) is 0 Å². The third-order valence-corrected chi connectivity index (χ3v) is 10.3. The Balaban J connectivity index is 1.44. The molecule has 5 rings (SSSR count). The van der Waals surface area contributed by atoms with Gasteiger partial charge in [-0.1, -0.05) is 82.3 Å². The molecule has 3 fully saturated rings. The average molecular weight is 469 g/mol. The Bertz CT molecular complexity index is 687. The van der Waals surface area contributed by atoms with Crippen LogP contribution in [-0.4, -0.2) is 54.3 Å². The maximum Gasteiger partial charge on any atom is 0.138 e. The lowest BCUT2D eigenvalue weighted by atomic mass is 9.64. The van der Waals surface area contributed by atoms with Gasteiger partial charge >= 0.3 is 0 Å². The number of hydrogen-bond acceptors (Lipinski definition) is 3. The van der Waals surface area contributed by atoms with Crippen LogP contribution in [0.25, 0.3) is 0 Å². The monoisotopic (exact) mass is 468 g/mol. The molecule has 6 bridgehead atoms. The summed E-state index contributed by atoms with van der Waals surface area (Å²) in [5.74, 6) is 3.20. The summed E-state index contributed by atoms with van der Waals surface area (Å²) in [6.07, 6.45) is 26.9. The average Bonchev–Trinajstić information content (AvgIpc) is 2.85. The predicted molar refractivity (Wildman–Crippen MR) is 142 cm³/mol. The molecule has 1 aliphatic carbocycles. The highest BCUT2D eigenvalue weighted by Crippen LogP contribution is 2.45. The van der Waals surface area contributed by atoms with Crippen LogP contribution in [0.15, 0.2) is 11.6 Å². The molecule has 2 unspecified atom stereocenters. The van der Waals surface area contributed by atoms with Gasteiger partial charge in [-0.25, -0.2) is 0 Å². The Morgan fingerprint density at radius 2 is 1.35 bits per heavy atom. The number of fused-ring (bicyclic) bond motifs is 1. The van der Waals surface area contributed by atoms with Crippen molar-refractivity contribution in [3.63, 3.8) is 0 Å². The van der Waals surface area contributed by atoms with Crippen LogP contribution in [0.3, 0.4) is 0 Å². The second-order valence-corrected chi connectivity index (χ2v) is 12.6. The van der Waals surface area contributed by atoms with Crippen LogP contribution in [-0.2, 0) is 4.79 Å². The maximum absolute atomic E-state index is 13.3. The molecule has 0 saturated carbocycles. The smallest absolute Gasteiger partial charge is 0.138 e. The highest BCUT2D eigenvalue weighted by molar-refractivity contribution is 5.82. The summed E-state index contributed by atoms with van der Waals surface area (Å²) in [6.45, 7) is 6.12. The summed E-state index contributed by atoms with van der Waals surface area (Å²) in [4.78, 5) is 18.9. The molecular weight excluding hydrogens is 416 g/mol. The van der Waals surface area contributed by atoms with Crippen LogP contribution in [0.4, 0.5) is 0 Å². The third-order valence-electron chi connectivity index (χ3n) is 10.3. The zero-order valence-corrected chi connectivity index (χ0v) is 22.0. The van der Waals surface area contributed by atoms with E-state index in [-0.39, 0.29) is 0 Å². The lowest BCUT2D eigenvalue weighted by Crippen LogP contribution is -2.59. The summed E-state index contributed by atoms with van der Waals surface area (Å²) < 4.78 is 0. The van der Waals surface area contributed by atoms with Gasteiger partial charge in [-0.3, -0.25) is 14.6 Å². The van der Waals surface area contributed by atoms with E-state index >= 15 is 0 Å². The molecule has 0 N–H and O–H groups in total. The van der Waals surface area contributed by atoms with Gasteiger partial charge in [0, 0.05) is 38.0 Å². The fourth-order valence-corrected chi connectivity index (χ4v) is 8.57. The van der Waals surface area contributed by atoms with Crippen LogP contribution < -0.4 is 0 Å². The van der Waals surface area contributed by atoms with Crippen LogP contribution >= 0.6 is 0 Å². The molecule has 0 aromatic rings. The molecule has 3 saturated heterocycles. The zero-order chi connectivity index (χ0) is 23.2. The standard InChI is InChI=1S/C31H52N2O/c34-30-18-21-33-20-17-27-26-22-25-14-10-7-8-12-16-29(30)31(33)28(27)15-11-6-4-2-1-3-5-9-13-19-32(23-25)24-26/h22,26-29,31H,1-21,23-24H2/t26?,27-,28-,29-,31-/m1/s1. The molecule has 0 spiro atoms. The second-order valence-electron chi connectivity index (χ2n) is 12.6. The van der Waals surface area contributed by atoms with Crippen molar-refractivity contribution in [2.75, 3.05) is 32.7 Å². The molecule has 0 amide bonds. The van der Waals surface area contributed by atoms with Crippen molar-refractivity contribution >= 4 is 5.78 Å². The Morgan fingerprint density at radius 3 is 2.18 bits per heavy atom. The molecule has 4 aliphatic heterocycles. The largest absolute Gasteiger partial charge is 0.299 e. The molecule has 5 aliphatic rings. The quantitative estimate of drug-likeness (QED) is 0.357. The topological polar surface area (TPSA) is 23.6 Å². The first kappa shape index (κ1) is 25.0. The number of hydrogen-bond donors (Lipinski definition) is 0. The van der Waals surface area contributed by atoms with E-state index in [9.17, 15) is 4.79 Å². The van der Waals surface area contributed by atoms with Crippen LogP contribution in [0, 0.1) is 23.7 Å². The van der Waals surface area contributed by atoms with Crippen molar-refractivity contribution in [1.82, 2.24) is 9.80 Å². The molecule has 6 atom stereocenters. The first-order valence-corrected chi connectivity index (χ1v) is 15.5. The first-order valence-electron chi connectivity index (χ1n) is 15.5. The molecule has 4 heterocycles. The van der Waals surface area contributed by atoms with Gasteiger partial charge < -0.3 is 0 Å². The van der Waals surface area contributed by atoms with Crippen molar-refractivity contribution in [3.05, 3.63) is 11.6 Å². The van der Waals surface area contributed by atoms with E-state index < -0.39 is 0 Å².